The zero-order valence-electron chi connectivity index (χ0n) is 10.5. The summed E-state index contributed by atoms with van der Waals surface area (Å²) in [5.74, 6) is -0.164. The second kappa shape index (κ2) is 5.26. The van der Waals surface area contributed by atoms with Crippen molar-refractivity contribution in [3.63, 3.8) is 0 Å². The van der Waals surface area contributed by atoms with E-state index in [0.29, 0.717) is 10.7 Å². The summed E-state index contributed by atoms with van der Waals surface area (Å²) in [6.07, 6.45) is 0. The highest BCUT2D eigenvalue weighted by Crippen LogP contribution is 2.20. The van der Waals surface area contributed by atoms with Crippen molar-refractivity contribution >= 4 is 23.2 Å². The molecular formula is C13H17ClN2O2. The molecule has 4 nitrogen and oxygen atoms in total. The Hall–Kier alpha value is -1.10. The van der Waals surface area contributed by atoms with Crippen molar-refractivity contribution in [1.29, 1.82) is 0 Å². The lowest BCUT2D eigenvalue weighted by Crippen LogP contribution is -2.59. The maximum absolute atomic E-state index is 11.7. The Morgan fingerprint density at radius 2 is 2.28 bits per heavy atom. The first-order valence-corrected chi connectivity index (χ1v) is 6.27. The topological polar surface area (TPSA) is 50.4 Å². The van der Waals surface area contributed by atoms with E-state index in [2.05, 4.69) is 10.6 Å². The average Bonchev–Trinajstić information content (AvgIpc) is 2.29. The van der Waals surface area contributed by atoms with E-state index in [0.717, 1.165) is 18.7 Å². The molecule has 1 aliphatic rings. The Balaban J connectivity index is 1.85. The van der Waals surface area contributed by atoms with Crippen LogP contribution in [0.25, 0.3) is 0 Å². The number of amides is 1. The second-order valence-corrected chi connectivity index (χ2v) is 5.26. The fourth-order valence-electron chi connectivity index (χ4n) is 1.69. The van der Waals surface area contributed by atoms with Gasteiger partial charge in [-0.25, -0.2) is 0 Å². The van der Waals surface area contributed by atoms with Crippen LogP contribution in [0.15, 0.2) is 18.2 Å². The SMILES string of the molecule is Cc1ccc(NC(=O)COC2(C)CNC2)cc1Cl. The molecule has 18 heavy (non-hydrogen) atoms. The van der Waals surface area contributed by atoms with Gasteiger partial charge in [-0.3, -0.25) is 4.79 Å². The van der Waals surface area contributed by atoms with Gasteiger partial charge in [-0.1, -0.05) is 17.7 Å². The third-order valence-electron chi connectivity index (χ3n) is 3.01. The summed E-state index contributed by atoms with van der Waals surface area (Å²) in [5.41, 5.74) is 1.47. The number of carbonyl (C=O) groups excluding carboxylic acids is 1. The Morgan fingerprint density at radius 3 is 2.83 bits per heavy atom. The fraction of sp³-hybridized carbons (Fsp3) is 0.462. The minimum atomic E-state index is -0.206. The summed E-state index contributed by atoms with van der Waals surface area (Å²) in [6.45, 7) is 5.54. The number of rotatable bonds is 4. The van der Waals surface area contributed by atoms with Crippen LogP contribution in [-0.4, -0.2) is 31.2 Å². The van der Waals surface area contributed by atoms with Crippen LogP contribution in [0.1, 0.15) is 12.5 Å². The molecule has 0 saturated carbocycles. The van der Waals surface area contributed by atoms with Gasteiger partial charge in [-0.15, -0.1) is 0 Å². The summed E-state index contributed by atoms with van der Waals surface area (Å²) >= 11 is 5.99. The number of ether oxygens (including phenoxy) is 1. The summed E-state index contributed by atoms with van der Waals surface area (Å²) in [5, 5.41) is 6.52. The van der Waals surface area contributed by atoms with Gasteiger partial charge in [0.1, 0.15) is 6.61 Å². The zero-order valence-corrected chi connectivity index (χ0v) is 11.3. The number of hydrogen-bond acceptors (Lipinski definition) is 3. The van der Waals surface area contributed by atoms with E-state index in [9.17, 15) is 4.79 Å². The molecule has 0 atom stereocenters. The van der Waals surface area contributed by atoms with Gasteiger partial charge in [0.25, 0.3) is 0 Å². The molecule has 0 radical (unpaired) electrons. The maximum Gasteiger partial charge on any atom is 0.250 e. The Kier molecular flexibility index (Phi) is 3.90. The van der Waals surface area contributed by atoms with Crippen LogP contribution in [0.2, 0.25) is 5.02 Å². The number of anilines is 1. The molecule has 0 bridgehead atoms. The first-order valence-electron chi connectivity index (χ1n) is 5.89. The van der Waals surface area contributed by atoms with Gasteiger partial charge in [-0.05, 0) is 31.5 Å². The van der Waals surface area contributed by atoms with Crippen molar-refractivity contribution < 1.29 is 9.53 Å². The first kappa shape index (κ1) is 13.3. The third kappa shape index (κ3) is 3.22. The monoisotopic (exact) mass is 268 g/mol. The van der Waals surface area contributed by atoms with Gasteiger partial charge < -0.3 is 15.4 Å². The Morgan fingerprint density at radius 1 is 1.56 bits per heavy atom. The molecule has 0 spiro atoms. The number of nitrogens with one attached hydrogen (secondary N) is 2. The molecular weight excluding hydrogens is 252 g/mol. The highest BCUT2D eigenvalue weighted by Gasteiger charge is 2.32. The molecule has 1 aromatic rings. The molecule has 1 heterocycles. The van der Waals surface area contributed by atoms with E-state index in [1.54, 1.807) is 6.07 Å². The Labute approximate surface area is 112 Å². The summed E-state index contributed by atoms with van der Waals surface area (Å²) in [7, 11) is 0. The van der Waals surface area contributed by atoms with E-state index in [1.807, 2.05) is 26.0 Å². The van der Waals surface area contributed by atoms with Gasteiger partial charge in [0.05, 0.1) is 5.60 Å². The zero-order chi connectivity index (χ0) is 13.2. The molecule has 2 N–H and O–H groups in total. The number of carbonyl (C=O) groups is 1. The van der Waals surface area contributed by atoms with Crippen LogP contribution < -0.4 is 10.6 Å². The number of halogens is 1. The Bertz CT molecular complexity index is 458. The van der Waals surface area contributed by atoms with Crippen LogP contribution in [0.4, 0.5) is 5.69 Å². The largest absolute Gasteiger partial charge is 0.363 e. The van der Waals surface area contributed by atoms with Crippen LogP contribution >= 0.6 is 11.6 Å². The standard InChI is InChI=1S/C13H17ClN2O2/c1-9-3-4-10(5-11(9)14)16-12(17)6-18-13(2)7-15-8-13/h3-5,15H,6-8H2,1-2H3,(H,16,17). The quantitative estimate of drug-likeness (QED) is 0.878. The number of hydrogen-bond donors (Lipinski definition) is 2. The van der Waals surface area contributed by atoms with E-state index in [1.165, 1.54) is 0 Å². The van der Waals surface area contributed by atoms with E-state index < -0.39 is 0 Å². The van der Waals surface area contributed by atoms with Gasteiger partial charge in [0.15, 0.2) is 0 Å². The van der Waals surface area contributed by atoms with Crippen molar-refractivity contribution in [2.45, 2.75) is 19.4 Å². The molecule has 2 rings (SSSR count). The molecule has 1 amide bonds. The highest BCUT2D eigenvalue weighted by atomic mass is 35.5. The van der Waals surface area contributed by atoms with Crippen molar-refractivity contribution in [2.75, 3.05) is 25.0 Å². The number of aryl methyl sites for hydroxylation is 1. The molecule has 1 aliphatic heterocycles. The van der Waals surface area contributed by atoms with Gasteiger partial charge in [0.2, 0.25) is 5.91 Å². The predicted octanol–water partition coefficient (Wildman–Crippen LogP) is 1.97. The summed E-state index contributed by atoms with van der Waals surface area (Å²) in [6, 6.07) is 5.43. The summed E-state index contributed by atoms with van der Waals surface area (Å²) < 4.78 is 5.55. The van der Waals surface area contributed by atoms with Crippen LogP contribution in [-0.2, 0) is 9.53 Å². The van der Waals surface area contributed by atoms with Crippen molar-refractivity contribution in [2.24, 2.45) is 0 Å². The lowest BCUT2D eigenvalue weighted by molar-refractivity contribution is -0.130. The molecule has 1 fully saturated rings. The smallest absolute Gasteiger partial charge is 0.250 e. The molecule has 5 heteroatoms. The molecule has 0 aromatic heterocycles. The van der Waals surface area contributed by atoms with Crippen molar-refractivity contribution in [3.8, 4) is 0 Å². The van der Waals surface area contributed by atoms with Gasteiger partial charge in [-0.2, -0.15) is 0 Å². The van der Waals surface area contributed by atoms with Gasteiger partial charge in [0, 0.05) is 23.8 Å². The van der Waals surface area contributed by atoms with Crippen LogP contribution in [0.3, 0.4) is 0 Å². The minimum Gasteiger partial charge on any atom is -0.363 e. The lowest BCUT2D eigenvalue weighted by Gasteiger charge is -2.38. The van der Waals surface area contributed by atoms with E-state index in [4.69, 9.17) is 16.3 Å². The van der Waals surface area contributed by atoms with Crippen molar-refractivity contribution in [1.82, 2.24) is 5.32 Å². The second-order valence-electron chi connectivity index (χ2n) is 4.85. The minimum absolute atomic E-state index is 0.0592. The fourth-order valence-corrected chi connectivity index (χ4v) is 1.87. The van der Waals surface area contributed by atoms with E-state index in [-0.39, 0.29) is 18.1 Å². The number of benzene rings is 1. The summed E-state index contributed by atoms with van der Waals surface area (Å²) in [4.78, 5) is 11.7. The highest BCUT2D eigenvalue weighted by molar-refractivity contribution is 6.31. The molecule has 1 aromatic carbocycles. The van der Waals surface area contributed by atoms with Crippen LogP contribution in [0, 0.1) is 6.92 Å². The predicted molar refractivity (Wildman–Crippen MR) is 72.0 cm³/mol. The molecule has 0 unspecified atom stereocenters. The molecule has 98 valence electrons. The molecule has 1 saturated heterocycles. The lowest BCUT2D eigenvalue weighted by atomic mass is 10.0. The van der Waals surface area contributed by atoms with Gasteiger partial charge >= 0.3 is 0 Å². The first-order chi connectivity index (χ1) is 8.48. The molecule has 0 aliphatic carbocycles. The maximum atomic E-state index is 11.7. The van der Waals surface area contributed by atoms with Crippen LogP contribution in [0.5, 0.6) is 0 Å². The third-order valence-corrected chi connectivity index (χ3v) is 3.41. The average molecular weight is 269 g/mol. The van der Waals surface area contributed by atoms with E-state index >= 15 is 0 Å². The van der Waals surface area contributed by atoms with Crippen molar-refractivity contribution in [3.05, 3.63) is 28.8 Å². The normalized spacial score (nSPS) is 17.1.